The minimum atomic E-state index is -0.452. The number of halogens is 2. The molecule has 0 radical (unpaired) electrons. The molecule has 0 saturated carbocycles. The first kappa shape index (κ1) is 12.9. The summed E-state index contributed by atoms with van der Waals surface area (Å²) in [6.07, 6.45) is 0. The molecule has 0 aromatic heterocycles. The molecule has 0 fully saturated rings. The highest BCUT2D eigenvalue weighted by atomic mass is 79.9. The van der Waals surface area contributed by atoms with Crippen LogP contribution in [0.15, 0.2) is 50.7 Å². The molecule has 0 amide bonds. The van der Waals surface area contributed by atoms with Gasteiger partial charge in [-0.3, -0.25) is 0 Å². The maximum Gasteiger partial charge on any atom is 0.152 e. The normalized spacial score (nSPS) is 10.1. The van der Waals surface area contributed by atoms with Gasteiger partial charge in [0.05, 0.1) is 10.0 Å². The van der Waals surface area contributed by atoms with Crippen LogP contribution in [-0.4, -0.2) is 5.11 Å². The van der Waals surface area contributed by atoms with E-state index in [0.717, 1.165) is 4.90 Å². The molecule has 1 N–H and O–H groups in total. The summed E-state index contributed by atoms with van der Waals surface area (Å²) in [5.41, 5.74) is 0.266. The zero-order valence-electron chi connectivity index (χ0n) is 9.02. The maximum absolute atomic E-state index is 13.9. The van der Waals surface area contributed by atoms with Gasteiger partial charge in [-0.15, -0.1) is 0 Å². The summed E-state index contributed by atoms with van der Waals surface area (Å²) in [4.78, 5) is 1.23. The van der Waals surface area contributed by atoms with Crippen LogP contribution in [0, 0.1) is 17.1 Å². The van der Waals surface area contributed by atoms with Crippen LogP contribution in [-0.2, 0) is 0 Å². The first-order valence-electron chi connectivity index (χ1n) is 4.97. The maximum atomic E-state index is 13.9. The van der Waals surface area contributed by atoms with Gasteiger partial charge < -0.3 is 5.11 Å². The summed E-state index contributed by atoms with van der Waals surface area (Å²) in [7, 11) is 0. The van der Waals surface area contributed by atoms with Crippen LogP contribution in [0.2, 0.25) is 0 Å². The predicted octanol–water partition coefficient (Wildman–Crippen LogP) is 4.32. The highest BCUT2D eigenvalue weighted by Crippen LogP contribution is 2.34. The fourth-order valence-corrected chi connectivity index (χ4v) is 2.76. The van der Waals surface area contributed by atoms with Crippen LogP contribution in [0.5, 0.6) is 5.75 Å². The Morgan fingerprint density at radius 3 is 2.44 bits per heavy atom. The molecule has 5 heteroatoms. The zero-order valence-corrected chi connectivity index (χ0v) is 11.4. The summed E-state index contributed by atoms with van der Waals surface area (Å²) in [5.74, 6) is -0.284. The first-order valence-corrected chi connectivity index (χ1v) is 6.57. The second kappa shape index (κ2) is 5.42. The first-order chi connectivity index (χ1) is 8.61. The molecule has 0 aliphatic heterocycles. The predicted molar refractivity (Wildman–Crippen MR) is 71.0 cm³/mol. The fraction of sp³-hybridized carbons (Fsp3) is 0. The van der Waals surface area contributed by atoms with Crippen LogP contribution in [0.1, 0.15) is 5.56 Å². The number of aromatic hydroxyl groups is 1. The summed E-state index contributed by atoms with van der Waals surface area (Å²) < 4.78 is 14.1. The van der Waals surface area contributed by atoms with Crippen molar-refractivity contribution in [2.75, 3.05) is 0 Å². The van der Waals surface area contributed by atoms with Crippen molar-refractivity contribution in [2.24, 2.45) is 0 Å². The smallest absolute Gasteiger partial charge is 0.152 e. The van der Waals surface area contributed by atoms with Gasteiger partial charge in [0.25, 0.3) is 0 Å². The van der Waals surface area contributed by atoms with Crippen LogP contribution >= 0.6 is 27.7 Å². The Labute approximate surface area is 116 Å². The average molecular weight is 324 g/mol. The van der Waals surface area contributed by atoms with Crippen LogP contribution in [0.25, 0.3) is 0 Å². The third-order valence-electron chi connectivity index (χ3n) is 2.23. The van der Waals surface area contributed by atoms with E-state index in [2.05, 4.69) is 15.9 Å². The van der Waals surface area contributed by atoms with Crippen LogP contribution in [0.3, 0.4) is 0 Å². The molecular formula is C13H7BrFNOS. The highest BCUT2D eigenvalue weighted by molar-refractivity contribution is 9.10. The van der Waals surface area contributed by atoms with Gasteiger partial charge in [0.15, 0.2) is 5.82 Å². The van der Waals surface area contributed by atoms with Crippen molar-refractivity contribution in [1.29, 1.82) is 5.26 Å². The van der Waals surface area contributed by atoms with Gasteiger partial charge >= 0.3 is 0 Å². The molecule has 0 atom stereocenters. The van der Waals surface area contributed by atoms with E-state index < -0.39 is 5.82 Å². The summed E-state index contributed by atoms with van der Waals surface area (Å²) >= 11 is 4.30. The number of nitriles is 1. The Bertz CT molecular complexity index is 622. The van der Waals surface area contributed by atoms with Gasteiger partial charge in [0.2, 0.25) is 0 Å². The van der Waals surface area contributed by atoms with E-state index in [0.29, 0.717) is 4.90 Å². The van der Waals surface area contributed by atoms with Crippen molar-refractivity contribution < 1.29 is 9.50 Å². The third-order valence-corrected chi connectivity index (χ3v) is 4.05. The topological polar surface area (TPSA) is 44.0 Å². The van der Waals surface area contributed by atoms with Crippen LogP contribution in [0.4, 0.5) is 4.39 Å². The Kier molecular flexibility index (Phi) is 3.90. The monoisotopic (exact) mass is 323 g/mol. The van der Waals surface area contributed by atoms with Crippen molar-refractivity contribution >= 4 is 27.7 Å². The van der Waals surface area contributed by atoms with Gasteiger partial charge in [-0.05, 0) is 52.3 Å². The molecule has 90 valence electrons. The zero-order chi connectivity index (χ0) is 13.1. The Morgan fingerprint density at radius 2 is 1.83 bits per heavy atom. The minimum absolute atomic E-state index is 0.167. The fourth-order valence-electron chi connectivity index (χ4n) is 1.34. The number of benzene rings is 2. The second-order valence-corrected chi connectivity index (χ2v) is 5.36. The van der Waals surface area contributed by atoms with Gasteiger partial charge in [-0.2, -0.15) is 5.26 Å². The summed E-state index contributed by atoms with van der Waals surface area (Å²) in [6.45, 7) is 0. The van der Waals surface area contributed by atoms with E-state index in [-0.39, 0.29) is 15.8 Å². The standard InChI is InChI=1S/C13H7BrFNOS/c14-12-8(7-16)1-6-11(13(12)15)18-10-4-2-9(17)3-5-10/h1-6,17H. The Morgan fingerprint density at radius 1 is 1.17 bits per heavy atom. The molecule has 2 aromatic carbocycles. The lowest BCUT2D eigenvalue weighted by molar-refractivity contribution is 0.475. The molecule has 0 spiro atoms. The van der Waals surface area contributed by atoms with E-state index in [1.165, 1.54) is 11.8 Å². The quantitative estimate of drug-likeness (QED) is 0.895. The molecule has 0 aliphatic rings. The molecule has 0 bridgehead atoms. The number of phenols is 1. The molecule has 2 rings (SSSR count). The van der Waals surface area contributed by atoms with Gasteiger partial charge in [-0.25, -0.2) is 4.39 Å². The van der Waals surface area contributed by atoms with E-state index >= 15 is 0 Å². The van der Waals surface area contributed by atoms with Gasteiger partial charge in [0.1, 0.15) is 11.8 Å². The van der Waals surface area contributed by atoms with Gasteiger partial charge in [-0.1, -0.05) is 11.8 Å². The molecule has 0 unspecified atom stereocenters. The van der Waals surface area contributed by atoms with E-state index in [9.17, 15) is 4.39 Å². The largest absolute Gasteiger partial charge is 0.508 e. The molecule has 0 aliphatic carbocycles. The van der Waals surface area contributed by atoms with Crippen molar-refractivity contribution in [2.45, 2.75) is 9.79 Å². The van der Waals surface area contributed by atoms with E-state index in [1.807, 2.05) is 6.07 Å². The summed E-state index contributed by atoms with van der Waals surface area (Å²) in [6, 6.07) is 11.5. The average Bonchev–Trinajstić information content (AvgIpc) is 2.38. The lowest BCUT2D eigenvalue weighted by atomic mass is 10.2. The SMILES string of the molecule is N#Cc1ccc(Sc2ccc(O)cc2)c(F)c1Br. The van der Waals surface area contributed by atoms with Crippen molar-refractivity contribution in [1.82, 2.24) is 0 Å². The number of phenolic OH excluding ortho intramolecular Hbond substituents is 1. The lowest BCUT2D eigenvalue weighted by Crippen LogP contribution is -1.87. The van der Waals surface area contributed by atoms with Crippen molar-refractivity contribution in [3.63, 3.8) is 0 Å². The van der Waals surface area contributed by atoms with Crippen LogP contribution < -0.4 is 0 Å². The molecule has 0 heterocycles. The Balaban J connectivity index is 2.33. The number of hydrogen-bond acceptors (Lipinski definition) is 3. The van der Waals surface area contributed by atoms with E-state index in [4.69, 9.17) is 10.4 Å². The molecule has 18 heavy (non-hydrogen) atoms. The molecular weight excluding hydrogens is 317 g/mol. The number of rotatable bonds is 2. The highest BCUT2D eigenvalue weighted by Gasteiger charge is 2.12. The van der Waals surface area contributed by atoms with E-state index in [1.54, 1.807) is 36.4 Å². The van der Waals surface area contributed by atoms with Crippen molar-refractivity contribution in [3.05, 3.63) is 52.3 Å². The molecule has 2 nitrogen and oxygen atoms in total. The molecule has 0 saturated heterocycles. The third kappa shape index (κ3) is 2.66. The minimum Gasteiger partial charge on any atom is -0.508 e. The molecule has 2 aromatic rings. The second-order valence-electron chi connectivity index (χ2n) is 3.45. The number of hydrogen-bond donors (Lipinski definition) is 1. The van der Waals surface area contributed by atoms with Gasteiger partial charge in [0, 0.05) is 9.79 Å². The van der Waals surface area contributed by atoms with Crippen molar-refractivity contribution in [3.8, 4) is 11.8 Å². The Hall–Kier alpha value is -1.51. The summed E-state index contributed by atoms with van der Waals surface area (Å²) in [5, 5.41) is 17.9. The number of nitrogens with zero attached hydrogens (tertiary/aromatic N) is 1. The lowest BCUT2D eigenvalue weighted by Gasteiger charge is -2.05.